The Labute approximate surface area is 246 Å². The normalized spacial score (nSPS) is 22.3. The number of thioether (sulfide) groups is 1. The van der Waals surface area contributed by atoms with Crippen molar-refractivity contribution in [2.75, 3.05) is 13.7 Å². The van der Waals surface area contributed by atoms with Crippen molar-refractivity contribution in [1.29, 1.82) is 0 Å². The lowest BCUT2D eigenvalue weighted by atomic mass is 9.99. The van der Waals surface area contributed by atoms with E-state index in [1.165, 1.54) is 0 Å². The van der Waals surface area contributed by atoms with Crippen LogP contribution in [-0.4, -0.2) is 48.7 Å². The van der Waals surface area contributed by atoms with E-state index in [4.69, 9.17) is 23.7 Å². The summed E-state index contributed by atoms with van der Waals surface area (Å²) in [6.07, 6.45) is -2.16. The van der Waals surface area contributed by atoms with Gasteiger partial charge in [-0.1, -0.05) is 103 Å². The number of methoxy groups -OCH3 is 1. The van der Waals surface area contributed by atoms with Crippen LogP contribution in [0.3, 0.4) is 0 Å². The Kier molecular flexibility index (Phi) is 10.9. The summed E-state index contributed by atoms with van der Waals surface area (Å²) in [5.74, 6) is 0.785. The summed E-state index contributed by atoms with van der Waals surface area (Å²) in [5, 5.41) is 10.5. The van der Waals surface area contributed by atoms with Crippen molar-refractivity contribution < 1.29 is 28.8 Å². The van der Waals surface area contributed by atoms with Crippen molar-refractivity contribution in [2.24, 2.45) is 0 Å². The number of benzene rings is 4. The summed E-state index contributed by atoms with van der Waals surface area (Å²) < 4.78 is 31.6. The Morgan fingerprint density at radius 2 is 1.10 bits per heavy atom. The Morgan fingerprint density at radius 1 is 0.610 bits per heavy atom. The van der Waals surface area contributed by atoms with Gasteiger partial charge in [0.25, 0.3) is 0 Å². The summed E-state index contributed by atoms with van der Waals surface area (Å²) >= 11 is 1.56. The zero-order chi connectivity index (χ0) is 28.3. The van der Waals surface area contributed by atoms with Crippen molar-refractivity contribution in [1.82, 2.24) is 0 Å². The van der Waals surface area contributed by atoms with E-state index in [0.29, 0.717) is 19.8 Å². The molecule has 4 aromatic carbocycles. The lowest BCUT2D eigenvalue weighted by molar-refractivity contribution is -0.251. The van der Waals surface area contributed by atoms with E-state index in [1.807, 2.05) is 115 Å². The third kappa shape index (κ3) is 8.20. The molecule has 0 unspecified atom stereocenters. The fourth-order valence-corrected chi connectivity index (χ4v) is 5.92. The molecule has 0 saturated carbocycles. The first kappa shape index (κ1) is 29.3. The van der Waals surface area contributed by atoms with Gasteiger partial charge in [-0.15, -0.1) is 0 Å². The van der Waals surface area contributed by atoms with E-state index in [9.17, 15) is 5.11 Å². The predicted molar refractivity (Wildman–Crippen MR) is 160 cm³/mol. The second-order valence-corrected chi connectivity index (χ2v) is 11.0. The fourth-order valence-electron chi connectivity index (χ4n) is 4.77. The van der Waals surface area contributed by atoms with Gasteiger partial charge in [-0.2, -0.15) is 0 Å². The first-order chi connectivity index (χ1) is 20.2. The molecule has 6 nitrogen and oxygen atoms in total. The van der Waals surface area contributed by atoms with Gasteiger partial charge in [0.05, 0.1) is 33.5 Å². The van der Waals surface area contributed by atoms with Gasteiger partial charge in [0, 0.05) is 4.90 Å². The van der Waals surface area contributed by atoms with Crippen molar-refractivity contribution in [3.05, 3.63) is 132 Å². The van der Waals surface area contributed by atoms with E-state index in [-0.39, 0.29) is 6.61 Å². The monoisotopic (exact) mass is 572 g/mol. The molecule has 0 aromatic heterocycles. The summed E-state index contributed by atoms with van der Waals surface area (Å²) in [6, 6.07) is 37.9. The maximum Gasteiger partial charge on any atom is 0.137 e. The second kappa shape index (κ2) is 15.2. The highest BCUT2D eigenvalue weighted by atomic mass is 32.2. The SMILES string of the molecule is COc1ccc(CO[C@@H]2[C@H](OCc3ccccc3)[C@@H](Sc3ccccc3)O[C@H](CO)[C@H]2OCc2ccccc2)cc1. The van der Waals surface area contributed by atoms with Gasteiger partial charge in [0.2, 0.25) is 0 Å². The van der Waals surface area contributed by atoms with Crippen LogP contribution in [0.4, 0.5) is 0 Å². The third-order valence-corrected chi connectivity index (χ3v) is 8.09. The van der Waals surface area contributed by atoms with Gasteiger partial charge in [-0.05, 0) is 41.0 Å². The van der Waals surface area contributed by atoms with E-state index in [2.05, 4.69) is 0 Å². The first-order valence-electron chi connectivity index (χ1n) is 13.8. The van der Waals surface area contributed by atoms with E-state index < -0.39 is 29.9 Å². The Balaban J connectivity index is 1.44. The average Bonchev–Trinajstić information content (AvgIpc) is 3.04. The molecule has 0 spiro atoms. The smallest absolute Gasteiger partial charge is 0.137 e. The molecule has 0 amide bonds. The molecule has 1 aliphatic rings. The van der Waals surface area contributed by atoms with Gasteiger partial charge in [-0.3, -0.25) is 0 Å². The van der Waals surface area contributed by atoms with Crippen molar-refractivity contribution in [3.8, 4) is 5.75 Å². The van der Waals surface area contributed by atoms with Crippen LogP contribution in [0.5, 0.6) is 5.75 Å². The van der Waals surface area contributed by atoms with Crippen LogP contribution in [0.15, 0.2) is 120 Å². The quantitative estimate of drug-likeness (QED) is 0.203. The minimum Gasteiger partial charge on any atom is -0.497 e. The highest BCUT2D eigenvalue weighted by Crippen LogP contribution is 2.38. The van der Waals surface area contributed by atoms with E-state index in [0.717, 1.165) is 27.3 Å². The molecule has 1 heterocycles. The number of ether oxygens (including phenoxy) is 5. The molecular weight excluding hydrogens is 536 g/mol. The largest absolute Gasteiger partial charge is 0.497 e. The fraction of sp³-hybridized carbons (Fsp3) is 0.294. The van der Waals surface area contributed by atoms with Crippen LogP contribution in [0.2, 0.25) is 0 Å². The molecule has 0 aliphatic carbocycles. The van der Waals surface area contributed by atoms with Gasteiger partial charge in [-0.25, -0.2) is 0 Å². The van der Waals surface area contributed by atoms with Crippen LogP contribution >= 0.6 is 11.8 Å². The van der Waals surface area contributed by atoms with Gasteiger partial charge < -0.3 is 28.8 Å². The highest BCUT2D eigenvalue weighted by molar-refractivity contribution is 7.99. The van der Waals surface area contributed by atoms with Gasteiger partial charge in [0.1, 0.15) is 35.6 Å². The van der Waals surface area contributed by atoms with Crippen LogP contribution in [0, 0.1) is 0 Å². The molecule has 5 atom stereocenters. The minimum absolute atomic E-state index is 0.209. The number of hydrogen-bond donors (Lipinski definition) is 1. The molecule has 0 radical (unpaired) electrons. The first-order valence-corrected chi connectivity index (χ1v) is 14.6. The number of aliphatic hydroxyl groups excluding tert-OH is 1. The van der Waals surface area contributed by atoms with Crippen LogP contribution in [-0.2, 0) is 38.8 Å². The summed E-state index contributed by atoms with van der Waals surface area (Å²) in [5.41, 5.74) is 2.64. The maximum absolute atomic E-state index is 10.5. The van der Waals surface area contributed by atoms with E-state index >= 15 is 0 Å². The summed E-state index contributed by atoms with van der Waals surface area (Å²) in [7, 11) is 1.65. The molecule has 214 valence electrons. The summed E-state index contributed by atoms with van der Waals surface area (Å²) in [4.78, 5) is 1.04. The Bertz CT molecular complexity index is 1290. The molecule has 5 rings (SSSR count). The number of hydrogen-bond acceptors (Lipinski definition) is 7. The van der Waals surface area contributed by atoms with Gasteiger partial charge in [0.15, 0.2) is 0 Å². The standard InChI is InChI=1S/C34H36O6S/c1-36-28-19-17-27(18-20-28)24-38-32-31(37-22-25-11-5-2-6-12-25)30(21-35)40-34(41-29-15-9-4-10-16-29)33(32)39-23-26-13-7-3-8-14-26/h2-20,30-35H,21-24H2,1H3/t30-,31-,32+,33+,34-/m1/s1. The average molecular weight is 573 g/mol. The Morgan fingerprint density at radius 3 is 1.63 bits per heavy atom. The van der Waals surface area contributed by atoms with E-state index in [1.54, 1.807) is 18.9 Å². The zero-order valence-corrected chi connectivity index (χ0v) is 23.9. The molecular formula is C34H36O6S. The van der Waals surface area contributed by atoms with Crippen molar-refractivity contribution in [3.63, 3.8) is 0 Å². The highest BCUT2D eigenvalue weighted by Gasteiger charge is 2.48. The summed E-state index contributed by atoms with van der Waals surface area (Å²) in [6.45, 7) is 0.874. The van der Waals surface area contributed by atoms with Crippen molar-refractivity contribution in [2.45, 2.75) is 54.6 Å². The third-order valence-electron chi connectivity index (χ3n) is 6.94. The topological polar surface area (TPSA) is 66.4 Å². The predicted octanol–water partition coefficient (Wildman–Crippen LogP) is 6.26. The maximum atomic E-state index is 10.5. The Hall–Kier alpha value is -3.17. The number of aliphatic hydroxyl groups is 1. The minimum atomic E-state index is -0.600. The molecule has 0 bridgehead atoms. The molecule has 1 fully saturated rings. The van der Waals surface area contributed by atoms with Crippen LogP contribution in [0.25, 0.3) is 0 Å². The van der Waals surface area contributed by atoms with Crippen LogP contribution < -0.4 is 4.74 Å². The van der Waals surface area contributed by atoms with Crippen LogP contribution in [0.1, 0.15) is 16.7 Å². The molecule has 1 saturated heterocycles. The molecule has 1 N–H and O–H groups in total. The molecule has 1 aliphatic heterocycles. The number of rotatable bonds is 13. The zero-order valence-electron chi connectivity index (χ0n) is 23.1. The molecule has 41 heavy (non-hydrogen) atoms. The molecule has 7 heteroatoms. The van der Waals surface area contributed by atoms with Crippen molar-refractivity contribution >= 4 is 11.8 Å². The lowest BCUT2D eigenvalue weighted by Crippen LogP contribution is -2.60. The molecule has 4 aromatic rings. The lowest BCUT2D eigenvalue weighted by Gasteiger charge is -2.45. The van der Waals surface area contributed by atoms with Gasteiger partial charge >= 0.3 is 0 Å². The second-order valence-electron chi connectivity index (χ2n) is 9.80.